The number of hydrogen-bond donors (Lipinski definition) is 0. The van der Waals surface area contributed by atoms with E-state index in [0.29, 0.717) is 0 Å². The van der Waals surface area contributed by atoms with Gasteiger partial charge in [-0.3, -0.25) is 0 Å². The maximum absolute atomic E-state index is 3.97. The first kappa shape index (κ1) is 31.0. The number of rotatable bonds is 17. The maximum Gasteiger partial charge on any atom is 0.0832 e. The summed E-state index contributed by atoms with van der Waals surface area (Å²) in [7, 11) is -2.83. The lowest BCUT2D eigenvalue weighted by Crippen LogP contribution is -2.41. The molecule has 0 aliphatic rings. The SMILES string of the molecule is CCCCCCCC[Si](C)(C)c1cc(-c2cc([Si](C)(C)CCCCCCCC)c(Br)s2)sc1Br. The first-order chi connectivity index (χ1) is 16.1. The predicted molar refractivity (Wildman–Crippen MR) is 174 cm³/mol. The summed E-state index contributed by atoms with van der Waals surface area (Å²) in [5.41, 5.74) is 0. The van der Waals surface area contributed by atoms with Gasteiger partial charge in [0, 0.05) is 9.75 Å². The van der Waals surface area contributed by atoms with Crippen LogP contribution in [0.2, 0.25) is 38.3 Å². The zero-order chi connectivity index (χ0) is 25.2. The van der Waals surface area contributed by atoms with E-state index in [1.807, 2.05) is 22.7 Å². The van der Waals surface area contributed by atoms with Crippen LogP contribution in [0.5, 0.6) is 0 Å². The van der Waals surface area contributed by atoms with Crippen LogP contribution < -0.4 is 10.4 Å². The second kappa shape index (κ2) is 15.3. The minimum atomic E-state index is -1.41. The van der Waals surface area contributed by atoms with Crippen LogP contribution in [0.3, 0.4) is 0 Å². The van der Waals surface area contributed by atoms with Crippen molar-refractivity contribution in [3.05, 3.63) is 19.7 Å². The van der Waals surface area contributed by atoms with Crippen LogP contribution in [-0.2, 0) is 0 Å². The molecular formula is C28H48Br2S2Si2. The van der Waals surface area contributed by atoms with E-state index in [-0.39, 0.29) is 0 Å². The van der Waals surface area contributed by atoms with E-state index in [1.54, 1.807) is 10.4 Å². The topological polar surface area (TPSA) is 0 Å². The van der Waals surface area contributed by atoms with Gasteiger partial charge in [0.05, 0.1) is 23.7 Å². The maximum atomic E-state index is 3.97. The highest BCUT2D eigenvalue weighted by atomic mass is 79.9. The van der Waals surface area contributed by atoms with Gasteiger partial charge < -0.3 is 0 Å². The summed E-state index contributed by atoms with van der Waals surface area (Å²) < 4.78 is 2.78. The first-order valence-electron chi connectivity index (χ1n) is 13.7. The second-order valence-corrected chi connectivity index (χ2v) is 25.8. The Hall–Kier alpha value is 0.794. The molecule has 0 aliphatic carbocycles. The van der Waals surface area contributed by atoms with Crippen molar-refractivity contribution in [2.75, 3.05) is 0 Å². The molecule has 0 saturated heterocycles. The highest BCUT2D eigenvalue weighted by molar-refractivity contribution is 9.11. The Labute approximate surface area is 238 Å². The van der Waals surface area contributed by atoms with E-state index in [0.717, 1.165) is 0 Å². The average molecular weight is 665 g/mol. The highest BCUT2D eigenvalue weighted by Crippen LogP contribution is 2.39. The van der Waals surface area contributed by atoms with E-state index in [1.165, 1.54) is 106 Å². The standard InChI is InChI=1S/C28H48Br2S2Si2/c1-7-9-11-13-15-17-19-33(3,4)25-21-23(31-27(25)29)24-22-26(28(30)32-24)34(5,6)20-18-16-14-12-10-8-2/h21-22H,7-20H2,1-6H3. The van der Waals surface area contributed by atoms with Crippen molar-refractivity contribution in [1.82, 2.24) is 0 Å². The lowest BCUT2D eigenvalue weighted by Gasteiger charge is -2.22. The lowest BCUT2D eigenvalue weighted by molar-refractivity contribution is 0.623. The van der Waals surface area contributed by atoms with Gasteiger partial charge in [-0.15, -0.1) is 22.7 Å². The van der Waals surface area contributed by atoms with E-state index < -0.39 is 16.1 Å². The molecule has 0 unspecified atom stereocenters. The molecule has 2 aromatic heterocycles. The molecule has 194 valence electrons. The molecule has 6 heteroatoms. The van der Waals surface area contributed by atoms with E-state index >= 15 is 0 Å². The summed E-state index contributed by atoms with van der Waals surface area (Å²) in [5.74, 6) is 0. The number of thiophene rings is 2. The van der Waals surface area contributed by atoms with Crippen LogP contribution in [0.4, 0.5) is 0 Å². The zero-order valence-corrected chi connectivity index (χ0v) is 29.4. The molecule has 2 aromatic rings. The molecule has 0 aliphatic heterocycles. The van der Waals surface area contributed by atoms with Gasteiger partial charge >= 0.3 is 0 Å². The van der Waals surface area contributed by atoms with E-state index in [4.69, 9.17) is 0 Å². The third-order valence-corrected chi connectivity index (χ3v) is 19.3. The van der Waals surface area contributed by atoms with Gasteiger partial charge in [0.2, 0.25) is 0 Å². The molecule has 0 atom stereocenters. The van der Waals surface area contributed by atoms with Crippen LogP contribution >= 0.6 is 54.5 Å². The Morgan fingerprint density at radius 3 is 1.24 bits per heavy atom. The Kier molecular flexibility index (Phi) is 13.9. The van der Waals surface area contributed by atoms with Gasteiger partial charge in [0.15, 0.2) is 0 Å². The Bertz CT molecular complexity index is 784. The molecule has 34 heavy (non-hydrogen) atoms. The van der Waals surface area contributed by atoms with Crippen molar-refractivity contribution in [3.63, 3.8) is 0 Å². The third kappa shape index (κ3) is 9.59. The molecule has 0 nitrogen and oxygen atoms in total. The molecule has 0 radical (unpaired) electrons. The molecule has 0 fully saturated rings. The van der Waals surface area contributed by atoms with Gasteiger partial charge in [-0.05, 0) is 54.4 Å². The number of hydrogen-bond acceptors (Lipinski definition) is 2. The van der Waals surface area contributed by atoms with Crippen LogP contribution in [0.25, 0.3) is 9.75 Å². The molecule has 0 spiro atoms. The van der Waals surface area contributed by atoms with Crippen molar-refractivity contribution in [3.8, 4) is 9.75 Å². The fourth-order valence-electron chi connectivity index (χ4n) is 4.87. The van der Waals surface area contributed by atoms with Gasteiger partial charge in [0.1, 0.15) is 0 Å². The van der Waals surface area contributed by atoms with Crippen LogP contribution in [-0.4, -0.2) is 16.1 Å². The van der Waals surface area contributed by atoms with Gasteiger partial charge in [-0.2, -0.15) is 0 Å². The highest BCUT2D eigenvalue weighted by Gasteiger charge is 2.30. The molecule has 0 bridgehead atoms. The summed E-state index contributed by atoms with van der Waals surface area (Å²) >= 11 is 11.9. The third-order valence-electron chi connectivity index (χ3n) is 7.39. The fraction of sp³-hybridized carbons (Fsp3) is 0.714. The van der Waals surface area contributed by atoms with Gasteiger partial charge in [-0.1, -0.05) is 129 Å². The Morgan fingerprint density at radius 2 is 0.882 bits per heavy atom. The second-order valence-electron chi connectivity index (χ2n) is 11.4. The minimum Gasteiger partial charge on any atom is -0.128 e. The molecule has 0 amide bonds. The van der Waals surface area contributed by atoms with Crippen LogP contribution in [0.1, 0.15) is 90.9 Å². The van der Waals surface area contributed by atoms with Crippen LogP contribution in [0.15, 0.2) is 19.7 Å². The first-order valence-corrected chi connectivity index (χ1v) is 23.4. The Morgan fingerprint density at radius 1 is 0.559 bits per heavy atom. The molecule has 0 aromatic carbocycles. The lowest BCUT2D eigenvalue weighted by atomic mass is 10.1. The van der Waals surface area contributed by atoms with Crippen LogP contribution in [0, 0.1) is 0 Å². The average Bonchev–Trinajstić information content (AvgIpc) is 3.36. The number of halogens is 2. The molecule has 2 heterocycles. The fourth-order valence-corrected chi connectivity index (χ4v) is 18.1. The quantitative estimate of drug-likeness (QED) is 0.117. The summed E-state index contributed by atoms with van der Waals surface area (Å²) in [5, 5.41) is 3.27. The summed E-state index contributed by atoms with van der Waals surface area (Å²) in [6, 6.07) is 7.90. The zero-order valence-electron chi connectivity index (χ0n) is 22.6. The summed E-state index contributed by atoms with van der Waals surface area (Å²) in [6.07, 6.45) is 16.7. The molecular weight excluding hydrogens is 616 g/mol. The molecule has 2 rings (SSSR count). The van der Waals surface area contributed by atoms with Crippen molar-refractivity contribution in [2.45, 2.75) is 129 Å². The smallest absolute Gasteiger partial charge is 0.0832 e. The monoisotopic (exact) mass is 662 g/mol. The van der Waals surface area contributed by atoms with Crippen molar-refractivity contribution >= 4 is 81.1 Å². The van der Waals surface area contributed by atoms with E-state index in [2.05, 4.69) is 84.0 Å². The Balaban J connectivity index is 2.03. The summed E-state index contributed by atoms with van der Waals surface area (Å²) in [6.45, 7) is 14.9. The van der Waals surface area contributed by atoms with Crippen molar-refractivity contribution < 1.29 is 0 Å². The molecule has 0 N–H and O–H groups in total. The minimum absolute atomic E-state index is 1.34. The van der Waals surface area contributed by atoms with Crippen molar-refractivity contribution in [1.29, 1.82) is 0 Å². The largest absolute Gasteiger partial charge is 0.128 e. The van der Waals surface area contributed by atoms with Gasteiger partial charge in [-0.25, -0.2) is 0 Å². The number of unbranched alkanes of at least 4 members (excludes halogenated alkanes) is 10. The summed E-state index contributed by atoms with van der Waals surface area (Å²) in [4.78, 5) is 2.93. The van der Waals surface area contributed by atoms with E-state index in [9.17, 15) is 0 Å². The predicted octanol–water partition coefficient (Wildman–Crippen LogP) is 11.6. The normalized spacial score (nSPS) is 12.6. The van der Waals surface area contributed by atoms with Crippen molar-refractivity contribution in [2.24, 2.45) is 0 Å². The van der Waals surface area contributed by atoms with Gasteiger partial charge in [0.25, 0.3) is 0 Å². The molecule has 0 saturated carbocycles.